The zero-order valence-electron chi connectivity index (χ0n) is 43.2. The number of carboxylic acids is 1. The molecule has 3 aromatic rings. The van der Waals surface area contributed by atoms with Gasteiger partial charge in [0, 0.05) is 37.1 Å². The quantitative estimate of drug-likeness (QED) is 0.0238. The number of nitrogens with two attached hydrogens (primary N) is 1. The molecule has 0 bridgehead atoms. The first-order valence-electron chi connectivity index (χ1n) is 24.3. The molecule has 3 heterocycles. The molecule has 3 atom stereocenters. The van der Waals surface area contributed by atoms with Crippen LogP contribution in [0.3, 0.4) is 0 Å². The average molecular weight is 1150 g/mol. The largest absolute Gasteiger partial charge is 0.480 e. The van der Waals surface area contributed by atoms with Crippen molar-refractivity contribution in [3.63, 3.8) is 0 Å². The van der Waals surface area contributed by atoms with E-state index in [9.17, 15) is 37.7 Å². The molecule has 1 saturated heterocycles. The maximum absolute atomic E-state index is 14.5. The number of anilines is 2. The minimum Gasteiger partial charge on any atom is -0.480 e. The first kappa shape index (κ1) is 64.7. The number of ether oxygens (including phenoxy) is 4. The lowest BCUT2D eigenvalue weighted by Crippen LogP contribution is -2.45. The fourth-order valence-electron chi connectivity index (χ4n) is 7.93. The number of carbonyl (C=O) groups is 6. The Bertz CT molecular complexity index is 2460. The van der Waals surface area contributed by atoms with Crippen molar-refractivity contribution in [1.29, 1.82) is 0 Å². The number of hydrogen-bond donors (Lipinski definition) is 3. The molecule has 18 nitrogen and oxygen atoms in total. The van der Waals surface area contributed by atoms with E-state index in [1.165, 1.54) is 17.6 Å². The normalized spacial score (nSPS) is 16.9. The van der Waals surface area contributed by atoms with E-state index in [-0.39, 0.29) is 59.6 Å². The van der Waals surface area contributed by atoms with Crippen LogP contribution in [0.2, 0.25) is 5.02 Å². The van der Waals surface area contributed by atoms with Crippen molar-refractivity contribution in [2.75, 3.05) is 62.1 Å². The Labute approximate surface area is 457 Å². The third kappa shape index (κ3) is 19.1. The molecular formula is C51H68Cl4FN4O14P. The molecule has 416 valence electrons. The molecule has 1 aromatic heterocycles. The molecule has 1 fully saturated rings. The molecule has 6 rings (SSSR count). The predicted octanol–water partition coefficient (Wildman–Crippen LogP) is 9.73. The number of hydrogen-bond acceptors (Lipinski definition) is 13. The number of nitrogens with zero attached hydrogens (tertiary/aromatic N) is 3. The van der Waals surface area contributed by atoms with Crippen LogP contribution in [0.15, 0.2) is 64.3 Å². The number of rotatable bonds is 20. The zero-order chi connectivity index (χ0) is 56.2. The minimum atomic E-state index is -3.10. The van der Waals surface area contributed by atoms with Crippen LogP contribution < -0.4 is 20.3 Å². The van der Waals surface area contributed by atoms with Crippen molar-refractivity contribution in [3.8, 4) is 5.75 Å². The van der Waals surface area contributed by atoms with Crippen LogP contribution in [0.5, 0.6) is 5.75 Å². The Hall–Kier alpha value is -4.56. The van der Waals surface area contributed by atoms with E-state index in [2.05, 4.69) is 13.8 Å². The summed E-state index contributed by atoms with van der Waals surface area (Å²) in [6.45, 7) is 11.5. The Kier molecular flexibility index (Phi) is 26.7. The van der Waals surface area contributed by atoms with Crippen LogP contribution in [-0.4, -0.2) is 119 Å². The van der Waals surface area contributed by atoms with E-state index in [0.29, 0.717) is 42.9 Å². The van der Waals surface area contributed by atoms with Crippen LogP contribution in [0, 0.1) is 5.82 Å². The number of amides is 4. The fourth-order valence-corrected chi connectivity index (χ4v) is 9.27. The molecule has 2 aliphatic heterocycles. The Morgan fingerprint density at radius 1 is 1.00 bits per heavy atom. The number of carbonyl (C=O) groups excluding carboxylic acids is 5. The van der Waals surface area contributed by atoms with Gasteiger partial charge in [-0.05, 0) is 94.5 Å². The summed E-state index contributed by atoms with van der Waals surface area (Å²) in [5, 5.41) is 8.21. The Morgan fingerprint density at radius 2 is 1.61 bits per heavy atom. The molecule has 3 unspecified atom stereocenters. The molecule has 0 saturated carbocycles. The standard InChI is InChI=1S/C21H23ClFNO5.C14H20ClNO2.C11H13Cl2NO3.C5H12NO4P/c1-2-3-6-9-28-19(25)12-29-18-11-17(16(23)10-15(18)22)24-20(26)13-7-4-5-8-14(13)21(24)27;1-4-11-7-6-8-12(5-2)14(11)16(10-18-3)13(17)9-15;1-11(2)14(10(15)9(12)13)6-8(17-11)7-4-3-5-16-7;1-11(9,10)3-2-4(6)5(7)8/h10-11H,2-9,12H2,1H3;6-8H,4-5,9-10H2,1-3H3;3-5,8-9H,6H2,1-2H3;4H,2-3,6H2,1H3,(H,7,8)(H,9,10). The second-order valence-electron chi connectivity index (χ2n) is 17.9. The third-order valence-corrected chi connectivity index (χ3v) is 13.8. The highest BCUT2D eigenvalue weighted by atomic mass is 35.5. The number of unbranched alkanes of at least 4 members (excludes halogenated alkanes) is 2. The van der Waals surface area contributed by atoms with Gasteiger partial charge in [-0.2, -0.15) is 0 Å². The molecule has 24 heteroatoms. The number of carboxylic acid groups (broad SMARTS) is 1. The topological polar surface area (TPSA) is 246 Å². The minimum absolute atomic E-state index is 0.000883. The van der Waals surface area contributed by atoms with Gasteiger partial charge in [-0.15, -0.1) is 11.6 Å². The van der Waals surface area contributed by atoms with Crippen molar-refractivity contribution in [1.82, 2.24) is 4.90 Å². The van der Waals surface area contributed by atoms with E-state index in [4.69, 9.17) is 85.5 Å². The first-order valence-corrected chi connectivity index (χ1v) is 28.4. The lowest BCUT2D eigenvalue weighted by Gasteiger charge is -2.29. The van der Waals surface area contributed by atoms with Crippen molar-refractivity contribution in [2.45, 2.75) is 122 Å². The van der Waals surface area contributed by atoms with Gasteiger partial charge in [0.25, 0.3) is 17.7 Å². The SMILES string of the molecule is CC1(C)OC(c2ccco2)CN1C(=O)C(Cl)Cl.CCCCCOC(=O)COc1cc(N2C(=O)C3=C(CCCC3)C2=O)c(F)cc1Cl.CCc1cccc(CC)c1N(COC)C(=O)CCl.CP(=O)(O)CCC(N)C(=O)O. The third-order valence-electron chi connectivity index (χ3n) is 11.8. The van der Waals surface area contributed by atoms with Crippen LogP contribution >= 0.6 is 53.8 Å². The molecule has 2 aromatic carbocycles. The van der Waals surface area contributed by atoms with Crippen molar-refractivity contribution < 1.29 is 71.1 Å². The van der Waals surface area contributed by atoms with Gasteiger partial charge < -0.3 is 44.0 Å². The molecule has 4 N–H and O–H groups in total. The van der Waals surface area contributed by atoms with Crippen LogP contribution in [0.4, 0.5) is 15.8 Å². The highest BCUT2D eigenvalue weighted by Gasteiger charge is 2.45. The van der Waals surface area contributed by atoms with Gasteiger partial charge in [0.05, 0.1) is 35.8 Å². The number of alkyl halides is 3. The van der Waals surface area contributed by atoms with E-state index < -0.39 is 60.1 Å². The molecule has 0 radical (unpaired) electrons. The number of benzene rings is 2. The van der Waals surface area contributed by atoms with Gasteiger partial charge in [-0.3, -0.25) is 33.4 Å². The number of aliphatic carboxylic acids is 1. The monoisotopic (exact) mass is 1150 g/mol. The van der Waals surface area contributed by atoms with Gasteiger partial charge >= 0.3 is 11.9 Å². The first-order chi connectivity index (χ1) is 35.4. The number of para-hydroxylation sites is 1. The van der Waals surface area contributed by atoms with Crippen LogP contribution in [-0.2, 0) is 60.4 Å². The van der Waals surface area contributed by atoms with Gasteiger partial charge in [0.1, 0.15) is 47.8 Å². The van der Waals surface area contributed by atoms with E-state index in [1.54, 1.807) is 38.2 Å². The summed E-state index contributed by atoms with van der Waals surface area (Å²) in [7, 11) is -1.52. The van der Waals surface area contributed by atoms with E-state index in [0.717, 1.165) is 72.7 Å². The highest BCUT2D eigenvalue weighted by Crippen LogP contribution is 2.41. The van der Waals surface area contributed by atoms with Crippen molar-refractivity contribution >= 4 is 101 Å². The smallest absolute Gasteiger partial charge is 0.344 e. The van der Waals surface area contributed by atoms with Crippen LogP contribution in [0.25, 0.3) is 0 Å². The van der Waals surface area contributed by atoms with Gasteiger partial charge in [0.15, 0.2) is 18.8 Å². The summed E-state index contributed by atoms with van der Waals surface area (Å²) in [4.78, 5) is 82.7. The van der Waals surface area contributed by atoms with Gasteiger partial charge in [-0.1, -0.05) is 86.6 Å². The zero-order valence-corrected chi connectivity index (χ0v) is 47.1. The van der Waals surface area contributed by atoms with E-state index in [1.807, 2.05) is 31.2 Å². The maximum Gasteiger partial charge on any atom is 0.344 e. The average Bonchev–Trinajstić information content (AvgIpc) is 4.09. The number of furan rings is 1. The van der Waals surface area contributed by atoms with E-state index >= 15 is 0 Å². The van der Waals surface area contributed by atoms with Gasteiger partial charge in [-0.25, -0.2) is 14.1 Å². The number of methoxy groups -OCH3 is 1. The highest BCUT2D eigenvalue weighted by molar-refractivity contribution is 7.57. The van der Waals surface area contributed by atoms with Crippen molar-refractivity contribution in [2.24, 2.45) is 5.73 Å². The Balaban J connectivity index is 0.000000280. The Morgan fingerprint density at radius 3 is 2.11 bits per heavy atom. The summed E-state index contributed by atoms with van der Waals surface area (Å²) in [6, 6.07) is 10.8. The molecule has 4 amide bonds. The fraction of sp³-hybridized carbons (Fsp3) is 0.529. The summed E-state index contributed by atoms with van der Waals surface area (Å²) in [6.07, 6.45) is 8.44. The van der Waals surface area contributed by atoms with Crippen molar-refractivity contribution in [3.05, 3.63) is 87.6 Å². The summed E-state index contributed by atoms with van der Waals surface area (Å²) >= 11 is 22.9. The van der Waals surface area contributed by atoms with Gasteiger partial charge in [0.2, 0.25) is 5.91 Å². The second kappa shape index (κ2) is 31.0. The number of aryl methyl sites for hydroxylation is 2. The predicted molar refractivity (Wildman–Crippen MR) is 285 cm³/mol. The molecular weight excluding hydrogens is 1080 g/mol. The summed E-state index contributed by atoms with van der Waals surface area (Å²) in [5.41, 5.74) is 8.27. The maximum atomic E-state index is 14.5. The number of halogens is 5. The second-order valence-corrected chi connectivity index (χ2v) is 22.2. The summed E-state index contributed by atoms with van der Waals surface area (Å²) in [5.74, 6) is -3.38. The molecule has 3 aliphatic rings. The number of imide groups is 1. The number of esters is 1. The molecule has 0 spiro atoms. The molecule has 75 heavy (non-hydrogen) atoms. The lowest BCUT2D eigenvalue weighted by molar-refractivity contribution is -0.146. The van der Waals surface area contributed by atoms with Crippen LogP contribution in [0.1, 0.15) is 109 Å². The molecule has 1 aliphatic carbocycles. The summed E-state index contributed by atoms with van der Waals surface area (Å²) < 4.78 is 51.8. The lowest BCUT2D eigenvalue weighted by atomic mass is 9.93.